The van der Waals surface area contributed by atoms with Gasteiger partial charge in [-0.1, -0.05) is 12.8 Å². The van der Waals surface area contributed by atoms with Gasteiger partial charge in [-0.3, -0.25) is 0 Å². The average Bonchev–Trinajstić information content (AvgIpc) is 2.73. The SMILES string of the molecule is Cc1nc2c(s1)CCC21CCCC1. The Hall–Kier alpha value is -0.370. The summed E-state index contributed by atoms with van der Waals surface area (Å²) in [6, 6.07) is 0. The van der Waals surface area contributed by atoms with E-state index < -0.39 is 0 Å². The Labute approximate surface area is 83.2 Å². The fourth-order valence-electron chi connectivity index (χ4n) is 3.06. The Morgan fingerprint density at radius 3 is 2.77 bits per heavy atom. The third kappa shape index (κ3) is 1.01. The predicted molar refractivity (Wildman–Crippen MR) is 55.3 cm³/mol. The Morgan fingerprint density at radius 1 is 1.23 bits per heavy atom. The van der Waals surface area contributed by atoms with Crippen molar-refractivity contribution in [3.8, 4) is 0 Å². The minimum atomic E-state index is 0.542. The highest BCUT2D eigenvalue weighted by atomic mass is 32.1. The minimum absolute atomic E-state index is 0.542. The highest BCUT2D eigenvalue weighted by Gasteiger charge is 2.43. The second kappa shape index (κ2) is 2.57. The maximum Gasteiger partial charge on any atom is 0.0900 e. The molecule has 1 aromatic rings. The van der Waals surface area contributed by atoms with Gasteiger partial charge in [0.15, 0.2) is 0 Å². The van der Waals surface area contributed by atoms with Gasteiger partial charge in [-0.05, 0) is 32.6 Å². The summed E-state index contributed by atoms with van der Waals surface area (Å²) in [4.78, 5) is 6.34. The van der Waals surface area contributed by atoms with Crippen molar-refractivity contribution in [2.24, 2.45) is 0 Å². The number of hydrogen-bond acceptors (Lipinski definition) is 2. The quantitative estimate of drug-likeness (QED) is 0.616. The van der Waals surface area contributed by atoms with E-state index >= 15 is 0 Å². The second-order valence-corrected chi connectivity index (χ2v) is 5.78. The first kappa shape index (κ1) is 7.98. The van der Waals surface area contributed by atoms with Gasteiger partial charge in [-0.25, -0.2) is 4.98 Å². The van der Waals surface area contributed by atoms with E-state index in [4.69, 9.17) is 4.98 Å². The van der Waals surface area contributed by atoms with Crippen molar-refractivity contribution in [3.63, 3.8) is 0 Å². The van der Waals surface area contributed by atoms with Crippen LogP contribution in [0.3, 0.4) is 0 Å². The Balaban J connectivity index is 2.09. The Bertz CT molecular complexity index is 334. The molecule has 1 aromatic heterocycles. The predicted octanol–water partition coefficient (Wildman–Crippen LogP) is 3.21. The zero-order valence-corrected chi connectivity index (χ0v) is 8.91. The summed E-state index contributed by atoms with van der Waals surface area (Å²) < 4.78 is 0. The van der Waals surface area contributed by atoms with Crippen molar-refractivity contribution in [3.05, 3.63) is 15.6 Å². The molecule has 0 saturated heterocycles. The molecule has 0 aromatic carbocycles. The molecule has 2 heteroatoms. The van der Waals surface area contributed by atoms with Gasteiger partial charge >= 0.3 is 0 Å². The maximum absolute atomic E-state index is 4.74. The van der Waals surface area contributed by atoms with E-state index in [2.05, 4.69) is 6.92 Å². The van der Waals surface area contributed by atoms with Crippen LogP contribution in [-0.2, 0) is 11.8 Å². The van der Waals surface area contributed by atoms with Crippen molar-refractivity contribution in [1.82, 2.24) is 4.98 Å². The molecule has 3 rings (SSSR count). The number of nitrogens with zero attached hydrogens (tertiary/aromatic N) is 1. The van der Waals surface area contributed by atoms with Crippen LogP contribution < -0.4 is 0 Å². The van der Waals surface area contributed by atoms with Crippen LogP contribution in [0.1, 0.15) is 47.7 Å². The molecule has 1 saturated carbocycles. The van der Waals surface area contributed by atoms with Crippen molar-refractivity contribution in [2.45, 2.75) is 50.9 Å². The molecular weight excluding hydrogens is 178 g/mol. The van der Waals surface area contributed by atoms with Crippen LogP contribution in [0.25, 0.3) is 0 Å². The first-order valence-electron chi connectivity index (χ1n) is 5.27. The molecule has 0 amide bonds. The number of aromatic nitrogens is 1. The third-order valence-electron chi connectivity index (χ3n) is 3.70. The molecule has 0 aliphatic heterocycles. The van der Waals surface area contributed by atoms with Gasteiger partial charge < -0.3 is 0 Å². The van der Waals surface area contributed by atoms with Gasteiger partial charge in [0.05, 0.1) is 10.7 Å². The van der Waals surface area contributed by atoms with Crippen LogP contribution in [0.2, 0.25) is 0 Å². The molecule has 1 heterocycles. The van der Waals surface area contributed by atoms with E-state index in [1.54, 1.807) is 4.88 Å². The largest absolute Gasteiger partial charge is 0.246 e. The molecule has 0 bridgehead atoms. The molecule has 0 atom stereocenters. The van der Waals surface area contributed by atoms with Crippen LogP contribution in [0.15, 0.2) is 0 Å². The highest BCUT2D eigenvalue weighted by Crippen LogP contribution is 2.50. The lowest BCUT2D eigenvalue weighted by molar-refractivity contribution is 0.428. The molecule has 0 N–H and O–H groups in total. The first-order chi connectivity index (χ1) is 6.30. The first-order valence-corrected chi connectivity index (χ1v) is 6.09. The summed E-state index contributed by atoms with van der Waals surface area (Å²) in [5.41, 5.74) is 2.03. The van der Waals surface area contributed by atoms with Crippen molar-refractivity contribution >= 4 is 11.3 Å². The maximum atomic E-state index is 4.74. The van der Waals surface area contributed by atoms with Crippen molar-refractivity contribution in [2.75, 3.05) is 0 Å². The van der Waals surface area contributed by atoms with Gasteiger partial charge in [0, 0.05) is 10.3 Å². The number of hydrogen-bond donors (Lipinski definition) is 0. The molecule has 70 valence electrons. The lowest BCUT2D eigenvalue weighted by atomic mass is 9.84. The zero-order chi connectivity index (χ0) is 8.89. The smallest absolute Gasteiger partial charge is 0.0900 e. The molecular formula is C11H15NS. The van der Waals surface area contributed by atoms with E-state index in [1.807, 2.05) is 11.3 Å². The number of rotatable bonds is 0. The summed E-state index contributed by atoms with van der Waals surface area (Å²) in [7, 11) is 0. The summed E-state index contributed by atoms with van der Waals surface area (Å²) >= 11 is 1.93. The van der Waals surface area contributed by atoms with Gasteiger partial charge in [-0.2, -0.15) is 0 Å². The average molecular weight is 193 g/mol. The third-order valence-corrected chi connectivity index (χ3v) is 4.73. The molecule has 2 aliphatic rings. The number of fused-ring (bicyclic) bond motifs is 2. The zero-order valence-electron chi connectivity index (χ0n) is 8.10. The summed E-state index contributed by atoms with van der Waals surface area (Å²) in [5, 5.41) is 1.27. The van der Waals surface area contributed by atoms with Crippen LogP contribution in [0.4, 0.5) is 0 Å². The normalized spacial score (nSPS) is 24.1. The fourth-order valence-corrected chi connectivity index (χ4v) is 4.12. The van der Waals surface area contributed by atoms with Gasteiger partial charge in [0.25, 0.3) is 0 Å². The van der Waals surface area contributed by atoms with Crippen molar-refractivity contribution < 1.29 is 0 Å². The molecule has 0 radical (unpaired) electrons. The van der Waals surface area contributed by atoms with E-state index in [0.29, 0.717) is 5.41 Å². The van der Waals surface area contributed by atoms with Crippen molar-refractivity contribution in [1.29, 1.82) is 0 Å². The monoisotopic (exact) mass is 193 g/mol. The molecule has 1 spiro atoms. The molecule has 1 nitrogen and oxygen atoms in total. The van der Waals surface area contributed by atoms with Crippen LogP contribution in [0.5, 0.6) is 0 Å². The topological polar surface area (TPSA) is 12.9 Å². The van der Waals surface area contributed by atoms with Crippen LogP contribution in [-0.4, -0.2) is 4.98 Å². The molecule has 1 fully saturated rings. The number of aryl methyl sites for hydroxylation is 2. The van der Waals surface area contributed by atoms with Gasteiger partial charge in [0.1, 0.15) is 0 Å². The lowest BCUT2D eigenvalue weighted by Crippen LogP contribution is -2.18. The van der Waals surface area contributed by atoms with E-state index in [0.717, 1.165) is 0 Å². The Morgan fingerprint density at radius 2 is 2.00 bits per heavy atom. The van der Waals surface area contributed by atoms with E-state index in [1.165, 1.54) is 49.2 Å². The summed E-state index contributed by atoms with van der Waals surface area (Å²) in [6.07, 6.45) is 8.36. The van der Waals surface area contributed by atoms with Gasteiger partial charge in [-0.15, -0.1) is 11.3 Å². The number of thiazole rings is 1. The standard InChI is InChI=1S/C11H15NS/c1-8-12-10-9(13-8)4-7-11(10)5-2-3-6-11/h2-7H2,1H3. The highest BCUT2D eigenvalue weighted by molar-refractivity contribution is 7.11. The van der Waals surface area contributed by atoms with Crippen LogP contribution in [0, 0.1) is 6.92 Å². The summed E-state index contributed by atoms with van der Waals surface area (Å²) in [5.74, 6) is 0. The lowest BCUT2D eigenvalue weighted by Gasteiger charge is -2.21. The summed E-state index contributed by atoms with van der Waals surface area (Å²) in [6.45, 7) is 2.14. The molecule has 13 heavy (non-hydrogen) atoms. The fraction of sp³-hybridized carbons (Fsp3) is 0.727. The van der Waals surface area contributed by atoms with Crippen LogP contribution >= 0.6 is 11.3 Å². The minimum Gasteiger partial charge on any atom is -0.246 e. The second-order valence-electron chi connectivity index (χ2n) is 4.49. The Kier molecular flexibility index (Phi) is 1.58. The molecule has 0 unspecified atom stereocenters. The van der Waals surface area contributed by atoms with Gasteiger partial charge in [0.2, 0.25) is 0 Å². The van der Waals surface area contributed by atoms with E-state index in [9.17, 15) is 0 Å². The van der Waals surface area contributed by atoms with E-state index in [-0.39, 0.29) is 0 Å². The molecule has 2 aliphatic carbocycles.